The zero-order chi connectivity index (χ0) is 9.26. The maximum atomic E-state index is 11.2. The summed E-state index contributed by atoms with van der Waals surface area (Å²) in [6.45, 7) is 0. The van der Waals surface area contributed by atoms with Crippen molar-refractivity contribution in [3.8, 4) is 0 Å². The van der Waals surface area contributed by atoms with Crippen LogP contribution in [0.1, 0.15) is 18.0 Å². The van der Waals surface area contributed by atoms with Crippen LogP contribution in [0.4, 0.5) is 0 Å². The molecule has 2 nitrogen and oxygen atoms in total. The third-order valence-electron chi connectivity index (χ3n) is 2.15. The van der Waals surface area contributed by atoms with Crippen molar-refractivity contribution in [1.82, 2.24) is 5.32 Å². The van der Waals surface area contributed by atoms with Crippen LogP contribution in [0.15, 0.2) is 30.3 Å². The molecule has 1 N–H and O–H groups in total. The summed E-state index contributed by atoms with van der Waals surface area (Å²) in [5.74, 6) is 0.0452. The van der Waals surface area contributed by atoms with Crippen molar-refractivity contribution >= 4 is 23.0 Å². The first-order chi connectivity index (χ1) is 6.27. The van der Waals surface area contributed by atoms with E-state index in [9.17, 15) is 4.79 Å². The number of Topliss-reactive ketones (excluding diaryl/α,β-unsaturated/α-hetero) is 1. The van der Waals surface area contributed by atoms with Crippen molar-refractivity contribution < 1.29 is 4.79 Å². The number of thiocarbonyl (C=S) groups is 1. The van der Waals surface area contributed by atoms with Crippen LogP contribution in [0.5, 0.6) is 0 Å². The van der Waals surface area contributed by atoms with Crippen molar-refractivity contribution in [1.29, 1.82) is 0 Å². The highest BCUT2D eigenvalue weighted by atomic mass is 32.1. The highest BCUT2D eigenvalue weighted by Gasteiger charge is 2.26. The second kappa shape index (κ2) is 3.26. The largest absolute Gasteiger partial charge is 0.366 e. The molecule has 1 heterocycles. The van der Waals surface area contributed by atoms with Gasteiger partial charge in [0.05, 0.1) is 6.04 Å². The lowest BCUT2D eigenvalue weighted by Crippen LogP contribution is -2.19. The summed E-state index contributed by atoms with van der Waals surface area (Å²) in [6.07, 6.45) is 0.489. The first-order valence-corrected chi connectivity index (χ1v) is 4.57. The SMILES string of the molecule is O=C1CC(c2ccccc2)NC1=S. The zero-order valence-electron chi connectivity index (χ0n) is 6.99. The highest BCUT2D eigenvalue weighted by molar-refractivity contribution is 7.82. The average Bonchev–Trinajstić information content (AvgIpc) is 2.49. The van der Waals surface area contributed by atoms with Gasteiger partial charge in [-0.15, -0.1) is 0 Å². The molecule has 0 saturated carbocycles. The van der Waals surface area contributed by atoms with Crippen molar-refractivity contribution in [2.75, 3.05) is 0 Å². The van der Waals surface area contributed by atoms with Gasteiger partial charge >= 0.3 is 0 Å². The van der Waals surface area contributed by atoms with Crippen LogP contribution in [0.3, 0.4) is 0 Å². The van der Waals surface area contributed by atoms with E-state index in [-0.39, 0.29) is 11.8 Å². The fraction of sp³-hybridized carbons (Fsp3) is 0.200. The molecule has 0 bridgehead atoms. The van der Waals surface area contributed by atoms with E-state index < -0.39 is 0 Å². The number of nitrogens with one attached hydrogen (secondary N) is 1. The molecule has 1 aromatic rings. The summed E-state index contributed by atoms with van der Waals surface area (Å²) < 4.78 is 0. The molecule has 1 atom stereocenters. The Labute approximate surface area is 82.0 Å². The van der Waals surface area contributed by atoms with Crippen molar-refractivity contribution in [3.05, 3.63) is 35.9 Å². The topological polar surface area (TPSA) is 29.1 Å². The molecule has 1 fully saturated rings. The third-order valence-corrected chi connectivity index (χ3v) is 2.50. The molecule has 66 valence electrons. The van der Waals surface area contributed by atoms with E-state index in [2.05, 4.69) is 5.32 Å². The van der Waals surface area contributed by atoms with Gasteiger partial charge < -0.3 is 5.32 Å². The van der Waals surface area contributed by atoms with Gasteiger partial charge in [-0.2, -0.15) is 0 Å². The Morgan fingerprint density at radius 2 is 2.00 bits per heavy atom. The summed E-state index contributed by atoms with van der Waals surface area (Å²) in [4.78, 5) is 11.5. The Bertz CT molecular complexity index is 331. The first kappa shape index (κ1) is 8.38. The highest BCUT2D eigenvalue weighted by Crippen LogP contribution is 2.21. The van der Waals surface area contributed by atoms with Gasteiger partial charge in [-0.25, -0.2) is 0 Å². The van der Waals surface area contributed by atoms with Crippen LogP contribution in [0, 0.1) is 0 Å². The summed E-state index contributed by atoms with van der Waals surface area (Å²) in [7, 11) is 0. The number of carbonyl (C=O) groups is 1. The second-order valence-corrected chi connectivity index (χ2v) is 3.47. The molecule has 1 aliphatic rings. The van der Waals surface area contributed by atoms with E-state index in [0.29, 0.717) is 11.4 Å². The number of ketones is 1. The molecule has 13 heavy (non-hydrogen) atoms. The van der Waals surface area contributed by atoms with Crippen LogP contribution in [0.25, 0.3) is 0 Å². The van der Waals surface area contributed by atoms with Gasteiger partial charge in [0, 0.05) is 6.42 Å². The second-order valence-electron chi connectivity index (χ2n) is 3.06. The van der Waals surface area contributed by atoms with Gasteiger partial charge in [0.15, 0.2) is 5.78 Å². The minimum absolute atomic E-state index is 0.0452. The molecule has 1 unspecified atom stereocenters. The van der Waals surface area contributed by atoms with E-state index in [1.807, 2.05) is 30.3 Å². The van der Waals surface area contributed by atoms with Gasteiger partial charge in [-0.3, -0.25) is 4.79 Å². The Hall–Kier alpha value is -1.22. The maximum Gasteiger partial charge on any atom is 0.192 e. The fourth-order valence-corrected chi connectivity index (χ4v) is 1.68. The Kier molecular flexibility index (Phi) is 2.10. The van der Waals surface area contributed by atoms with Gasteiger partial charge in [-0.05, 0) is 5.56 Å². The van der Waals surface area contributed by atoms with E-state index in [0.717, 1.165) is 5.56 Å². The standard InChI is InChI=1S/C10H9NOS/c12-9-6-8(11-10(9)13)7-4-2-1-3-5-7/h1-5,8H,6H2,(H,11,13). The summed E-state index contributed by atoms with van der Waals surface area (Å²) in [6, 6.07) is 9.96. The van der Waals surface area contributed by atoms with Gasteiger partial charge in [0.25, 0.3) is 0 Å². The van der Waals surface area contributed by atoms with E-state index in [4.69, 9.17) is 12.2 Å². The van der Waals surface area contributed by atoms with E-state index >= 15 is 0 Å². The lowest BCUT2D eigenvalue weighted by molar-refractivity contribution is -0.112. The van der Waals surface area contributed by atoms with Gasteiger partial charge in [0.1, 0.15) is 4.99 Å². The molecule has 0 amide bonds. The van der Waals surface area contributed by atoms with Crippen molar-refractivity contribution in [3.63, 3.8) is 0 Å². The smallest absolute Gasteiger partial charge is 0.192 e. The van der Waals surface area contributed by atoms with Gasteiger partial charge in [0.2, 0.25) is 0 Å². The maximum absolute atomic E-state index is 11.2. The minimum atomic E-state index is 0.0452. The molecule has 1 saturated heterocycles. The first-order valence-electron chi connectivity index (χ1n) is 4.16. The molecule has 0 radical (unpaired) electrons. The molecule has 3 heteroatoms. The fourth-order valence-electron chi connectivity index (χ4n) is 1.45. The number of benzene rings is 1. The molecular weight excluding hydrogens is 182 g/mol. The predicted molar refractivity (Wildman–Crippen MR) is 54.5 cm³/mol. The Morgan fingerprint density at radius 3 is 2.54 bits per heavy atom. The molecule has 0 aliphatic carbocycles. The summed E-state index contributed by atoms with van der Waals surface area (Å²) >= 11 is 4.86. The van der Waals surface area contributed by atoms with Gasteiger partial charge in [-0.1, -0.05) is 42.5 Å². The lowest BCUT2D eigenvalue weighted by atomic mass is 10.1. The van der Waals surface area contributed by atoms with Crippen molar-refractivity contribution in [2.24, 2.45) is 0 Å². The molecule has 0 aromatic heterocycles. The Balaban J connectivity index is 2.21. The number of hydrogen-bond donors (Lipinski definition) is 1. The minimum Gasteiger partial charge on any atom is -0.366 e. The normalized spacial score (nSPS) is 21.7. The molecule has 1 aliphatic heterocycles. The quantitative estimate of drug-likeness (QED) is 0.684. The lowest BCUT2D eigenvalue weighted by Gasteiger charge is -2.08. The van der Waals surface area contributed by atoms with Crippen LogP contribution in [-0.4, -0.2) is 10.8 Å². The summed E-state index contributed by atoms with van der Waals surface area (Å²) in [5, 5.41) is 3.00. The van der Waals surface area contributed by atoms with Crippen molar-refractivity contribution in [2.45, 2.75) is 12.5 Å². The number of hydrogen-bond acceptors (Lipinski definition) is 2. The predicted octanol–water partition coefficient (Wildman–Crippen LogP) is 1.62. The monoisotopic (exact) mass is 191 g/mol. The van der Waals surface area contributed by atoms with Crippen LogP contribution in [-0.2, 0) is 4.79 Å². The Morgan fingerprint density at radius 1 is 1.31 bits per heavy atom. The molecular formula is C10H9NOS. The van der Waals surface area contributed by atoms with Crippen LogP contribution < -0.4 is 5.32 Å². The third kappa shape index (κ3) is 1.60. The van der Waals surface area contributed by atoms with E-state index in [1.165, 1.54) is 0 Å². The molecule has 2 rings (SSSR count). The zero-order valence-corrected chi connectivity index (χ0v) is 7.80. The summed E-state index contributed by atoms with van der Waals surface area (Å²) in [5.41, 5.74) is 1.12. The molecule has 1 aromatic carbocycles. The number of carbonyl (C=O) groups excluding carboxylic acids is 1. The van der Waals surface area contributed by atoms with E-state index in [1.54, 1.807) is 0 Å². The van der Waals surface area contributed by atoms with Crippen LogP contribution >= 0.6 is 12.2 Å². The average molecular weight is 191 g/mol. The van der Waals surface area contributed by atoms with Crippen LogP contribution in [0.2, 0.25) is 0 Å². The number of rotatable bonds is 1. The molecule has 0 spiro atoms.